The number of ether oxygens (including phenoxy) is 1. The minimum atomic E-state index is -1.43. The quantitative estimate of drug-likeness (QED) is 0.371. The van der Waals surface area contributed by atoms with Crippen molar-refractivity contribution in [3.63, 3.8) is 0 Å². The van der Waals surface area contributed by atoms with Crippen LogP contribution in [0.5, 0.6) is 0 Å². The van der Waals surface area contributed by atoms with Crippen LogP contribution in [0.4, 0.5) is 10.5 Å². The second kappa shape index (κ2) is 12.4. The summed E-state index contributed by atoms with van der Waals surface area (Å²) in [6.07, 6.45) is -0.907. The van der Waals surface area contributed by atoms with Gasteiger partial charge in [-0.05, 0) is 74.2 Å². The predicted octanol–water partition coefficient (Wildman–Crippen LogP) is 4.37. The highest BCUT2D eigenvalue weighted by Crippen LogP contribution is 2.27. The Hall–Kier alpha value is -4.42. The molecule has 0 aliphatic heterocycles. The standard InChI is InChI=1S/C30H34N4O5/c1-19-10-11-23(16-20(19)2)26(27(36)32-24-13-12-21-8-6-7-9-22(21)17-24)34(15-14-31)28(37)25(18-35)33-29(38)39-30(3,4)5/h6-13,16-17,25-26,35H,15,18H2,1-5H3,(H,32,36)(H,33,38). The highest BCUT2D eigenvalue weighted by Gasteiger charge is 2.36. The first-order valence-electron chi connectivity index (χ1n) is 12.6. The van der Waals surface area contributed by atoms with Crippen LogP contribution in [0.2, 0.25) is 0 Å². The third-order valence-corrected chi connectivity index (χ3v) is 6.12. The van der Waals surface area contributed by atoms with Gasteiger partial charge in [0.25, 0.3) is 5.91 Å². The molecule has 3 aromatic carbocycles. The summed E-state index contributed by atoms with van der Waals surface area (Å²) >= 11 is 0. The van der Waals surface area contributed by atoms with Gasteiger partial charge in [-0.1, -0.05) is 48.5 Å². The number of aliphatic hydroxyl groups excluding tert-OH is 1. The Kier molecular flexibility index (Phi) is 9.28. The van der Waals surface area contributed by atoms with E-state index in [-0.39, 0.29) is 0 Å². The number of aryl methyl sites for hydroxylation is 2. The Morgan fingerprint density at radius 2 is 1.69 bits per heavy atom. The summed E-state index contributed by atoms with van der Waals surface area (Å²) in [4.78, 5) is 40.8. The molecule has 0 saturated heterocycles. The molecule has 3 rings (SSSR count). The summed E-state index contributed by atoms with van der Waals surface area (Å²) in [5.41, 5.74) is 2.05. The molecular formula is C30H34N4O5. The number of carbonyl (C=O) groups is 3. The van der Waals surface area contributed by atoms with Crippen LogP contribution in [0.25, 0.3) is 10.8 Å². The minimum absolute atomic E-state index is 0.464. The van der Waals surface area contributed by atoms with Crippen molar-refractivity contribution < 1.29 is 24.2 Å². The molecule has 0 spiro atoms. The molecule has 2 unspecified atom stereocenters. The highest BCUT2D eigenvalue weighted by atomic mass is 16.6. The summed E-state index contributed by atoms with van der Waals surface area (Å²) < 4.78 is 5.22. The van der Waals surface area contributed by atoms with E-state index in [1.54, 1.807) is 39.0 Å². The fourth-order valence-electron chi connectivity index (χ4n) is 4.09. The van der Waals surface area contributed by atoms with Gasteiger partial charge in [0.05, 0.1) is 12.7 Å². The van der Waals surface area contributed by atoms with Crippen molar-refractivity contribution in [2.75, 3.05) is 18.5 Å². The molecule has 9 heteroatoms. The molecule has 0 bridgehead atoms. The van der Waals surface area contributed by atoms with E-state index in [1.807, 2.05) is 62.4 Å². The third kappa shape index (κ3) is 7.55. The van der Waals surface area contributed by atoms with E-state index in [0.717, 1.165) is 26.8 Å². The number of carbonyl (C=O) groups excluding carboxylic acids is 3. The summed E-state index contributed by atoms with van der Waals surface area (Å²) in [6, 6.07) is 17.8. The Labute approximate surface area is 228 Å². The van der Waals surface area contributed by atoms with E-state index in [1.165, 1.54) is 0 Å². The van der Waals surface area contributed by atoms with Gasteiger partial charge in [0.15, 0.2) is 0 Å². The summed E-state index contributed by atoms with van der Waals surface area (Å²) in [5, 5.41) is 26.7. The number of aliphatic hydroxyl groups is 1. The largest absolute Gasteiger partial charge is 0.444 e. The normalized spacial score (nSPS) is 12.6. The van der Waals surface area contributed by atoms with Gasteiger partial charge in [0.1, 0.15) is 24.2 Å². The lowest BCUT2D eigenvalue weighted by molar-refractivity contribution is -0.140. The second-order valence-corrected chi connectivity index (χ2v) is 10.3. The van der Waals surface area contributed by atoms with Crippen LogP contribution in [-0.2, 0) is 14.3 Å². The number of hydrogen-bond acceptors (Lipinski definition) is 6. The van der Waals surface area contributed by atoms with E-state index < -0.39 is 48.7 Å². The Bertz CT molecular complexity index is 1410. The van der Waals surface area contributed by atoms with Crippen molar-refractivity contribution in [2.45, 2.75) is 52.3 Å². The first-order chi connectivity index (χ1) is 18.4. The molecule has 0 aliphatic rings. The lowest BCUT2D eigenvalue weighted by Gasteiger charge is -2.32. The van der Waals surface area contributed by atoms with E-state index in [4.69, 9.17) is 4.74 Å². The smallest absolute Gasteiger partial charge is 0.408 e. The lowest BCUT2D eigenvalue weighted by Crippen LogP contribution is -2.54. The zero-order valence-electron chi connectivity index (χ0n) is 22.8. The number of alkyl carbamates (subject to hydrolysis) is 1. The molecule has 0 saturated carbocycles. The van der Waals surface area contributed by atoms with Crippen molar-refractivity contribution in [3.8, 4) is 6.07 Å². The number of nitriles is 1. The zero-order valence-corrected chi connectivity index (χ0v) is 22.8. The van der Waals surface area contributed by atoms with Gasteiger partial charge in [-0.2, -0.15) is 5.26 Å². The van der Waals surface area contributed by atoms with Gasteiger partial charge in [-0.3, -0.25) is 9.59 Å². The molecule has 39 heavy (non-hydrogen) atoms. The number of nitrogens with zero attached hydrogens (tertiary/aromatic N) is 2. The van der Waals surface area contributed by atoms with E-state index in [9.17, 15) is 24.8 Å². The van der Waals surface area contributed by atoms with Gasteiger partial charge in [-0.15, -0.1) is 0 Å². The molecule has 3 amide bonds. The second-order valence-electron chi connectivity index (χ2n) is 10.3. The fourth-order valence-corrected chi connectivity index (χ4v) is 4.09. The first-order valence-corrected chi connectivity index (χ1v) is 12.6. The molecule has 0 radical (unpaired) electrons. The zero-order chi connectivity index (χ0) is 28.7. The predicted molar refractivity (Wildman–Crippen MR) is 149 cm³/mol. The highest BCUT2D eigenvalue weighted by molar-refractivity contribution is 6.00. The Balaban J connectivity index is 2.00. The van der Waals surface area contributed by atoms with Gasteiger partial charge in [0.2, 0.25) is 5.91 Å². The molecule has 0 fully saturated rings. The Morgan fingerprint density at radius 1 is 1.00 bits per heavy atom. The lowest BCUT2D eigenvalue weighted by atomic mass is 9.98. The fraction of sp³-hybridized carbons (Fsp3) is 0.333. The molecule has 2 atom stereocenters. The molecule has 0 aliphatic carbocycles. The summed E-state index contributed by atoms with van der Waals surface area (Å²) in [5.74, 6) is -1.35. The van der Waals surface area contributed by atoms with Crippen molar-refractivity contribution in [2.24, 2.45) is 0 Å². The number of amides is 3. The number of benzene rings is 3. The molecule has 0 aromatic heterocycles. The van der Waals surface area contributed by atoms with Crippen LogP contribution in [0, 0.1) is 25.2 Å². The maximum Gasteiger partial charge on any atom is 0.408 e. The van der Waals surface area contributed by atoms with Gasteiger partial charge in [0, 0.05) is 5.69 Å². The number of hydrogen-bond donors (Lipinski definition) is 3. The first kappa shape index (κ1) is 29.1. The number of nitrogens with one attached hydrogen (secondary N) is 2. The third-order valence-electron chi connectivity index (χ3n) is 6.12. The molecule has 3 aromatic rings. The van der Waals surface area contributed by atoms with Gasteiger partial charge < -0.3 is 25.4 Å². The van der Waals surface area contributed by atoms with Crippen LogP contribution in [-0.4, -0.2) is 52.7 Å². The van der Waals surface area contributed by atoms with Crippen LogP contribution >= 0.6 is 0 Å². The number of rotatable bonds is 8. The van der Waals surface area contributed by atoms with E-state index in [2.05, 4.69) is 10.6 Å². The SMILES string of the molecule is Cc1ccc(C(C(=O)Nc2ccc3ccccc3c2)N(CC#N)C(=O)C(CO)NC(=O)OC(C)(C)C)cc1C. The number of anilines is 1. The van der Waals surface area contributed by atoms with Gasteiger partial charge >= 0.3 is 6.09 Å². The van der Waals surface area contributed by atoms with Crippen molar-refractivity contribution in [1.29, 1.82) is 5.26 Å². The van der Waals surface area contributed by atoms with Crippen molar-refractivity contribution >= 4 is 34.4 Å². The maximum absolute atomic E-state index is 13.8. The van der Waals surface area contributed by atoms with Crippen LogP contribution in [0.1, 0.15) is 43.5 Å². The monoisotopic (exact) mass is 530 g/mol. The van der Waals surface area contributed by atoms with Crippen LogP contribution in [0.15, 0.2) is 60.7 Å². The van der Waals surface area contributed by atoms with Crippen molar-refractivity contribution in [1.82, 2.24) is 10.2 Å². The molecule has 3 N–H and O–H groups in total. The average molecular weight is 531 g/mol. The maximum atomic E-state index is 13.8. The van der Waals surface area contributed by atoms with E-state index >= 15 is 0 Å². The summed E-state index contributed by atoms with van der Waals surface area (Å²) in [6.45, 7) is 7.58. The molecule has 9 nitrogen and oxygen atoms in total. The van der Waals surface area contributed by atoms with Gasteiger partial charge in [-0.25, -0.2) is 4.79 Å². The molecule has 0 heterocycles. The Morgan fingerprint density at radius 3 is 2.31 bits per heavy atom. The topological polar surface area (TPSA) is 132 Å². The summed E-state index contributed by atoms with van der Waals surface area (Å²) in [7, 11) is 0. The van der Waals surface area contributed by atoms with Crippen LogP contribution in [0.3, 0.4) is 0 Å². The van der Waals surface area contributed by atoms with Crippen molar-refractivity contribution in [3.05, 3.63) is 77.4 Å². The minimum Gasteiger partial charge on any atom is -0.444 e. The average Bonchev–Trinajstić information content (AvgIpc) is 2.87. The van der Waals surface area contributed by atoms with Crippen LogP contribution < -0.4 is 10.6 Å². The molecular weight excluding hydrogens is 496 g/mol. The number of fused-ring (bicyclic) bond motifs is 1. The van der Waals surface area contributed by atoms with E-state index in [0.29, 0.717) is 11.3 Å². The molecule has 204 valence electrons.